The minimum Gasteiger partial charge on any atom is -0.346 e. The number of aliphatic imine (C=N–C) groups is 1. The zero-order chi connectivity index (χ0) is 22.0. The first-order chi connectivity index (χ1) is 15.0. The Bertz CT molecular complexity index is 1120. The average molecular weight is 431 g/mol. The Balaban J connectivity index is 1.56. The number of thiophene rings is 1. The third-order valence-electron chi connectivity index (χ3n) is 6.43. The first-order valence-electron chi connectivity index (χ1n) is 11.6. The summed E-state index contributed by atoms with van der Waals surface area (Å²) in [6.07, 6.45) is 10.7. The van der Waals surface area contributed by atoms with E-state index in [-0.39, 0.29) is 0 Å². The van der Waals surface area contributed by atoms with Gasteiger partial charge in [0.05, 0.1) is 11.4 Å². The van der Waals surface area contributed by atoms with Crippen LogP contribution in [0, 0.1) is 19.8 Å². The number of hydrogen-bond donors (Lipinski definition) is 1. The summed E-state index contributed by atoms with van der Waals surface area (Å²) in [6.45, 7) is 15.1. The van der Waals surface area contributed by atoms with Crippen molar-refractivity contribution in [1.82, 2.24) is 4.98 Å². The molecule has 1 aliphatic carbocycles. The number of allylic oxidation sites excluding steroid dienone is 1. The van der Waals surface area contributed by atoms with Gasteiger partial charge < -0.3 is 4.98 Å². The molecule has 1 N–H and O–H groups in total. The maximum atomic E-state index is 4.61. The largest absolute Gasteiger partial charge is 0.346 e. The predicted molar refractivity (Wildman–Crippen MR) is 138 cm³/mol. The van der Waals surface area contributed by atoms with Crippen LogP contribution >= 0.6 is 11.3 Å². The Morgan fingerprint density at radius 2 is 1.90 bits per heavy atom. The molecule has 0 bridgehead atoms. The van der Waals surface area contributed by atoms with Crippen LogP contribution in [-0.2, 0) is 6.42 Å². The van der Waals surface area contributed by atoms with E-state index in [9.17, 15) is 0 Å². The Hall–Kier alpha value is -2.39. The SMILES string of the molecule is C=C(N=CCCC1CCC1)C(=C)c1cc2c(CCC)c(-c3cc(C)cc(C)c3)[nH]c2s1. The number of H-pyrrole nitrogens is 1. The minimum absolute atomic E-state index is 0.782. The van der Waals surface area contributed by atoms with Gasteiger partial charge in [-0.05, 0) is 68.4 Å². The van der Waals surface area contributed by atoms with E-state index in [1.54, 1.807) is 11.3 Å². The van der Waals surface area contributed by atoms with Gasteiger partial charge in [0.1, 0.15) is 4.83 Å². The molecule has 0 unspecified atom stereocenters. The maximum Gasteiger partial charge on any atom is 0.101 e. The summed E-state index contributed by atoms with van der Waals surface area (Å²) in [5, 5.41) is 1.32. The van der Waals surface area contributed by atoms with Gasteiger partial charge in [-0.15, -0.1) is 11.3 Å². The van der Waals surface area contributed by atoms with Gasteiger partial charge in [0, 0.05) is 22.1 Å². The van der Waals surface area contributed by atoms with Crippen LogP contribution in [0.3, 0.4) is 0 Å². The smallest absolute Gasteiger partial charge is 0.101 e. The second-order valence-electron chi connectivity index (χ2n) is 9.07. The van der Waals surface area contributed by atoms with Crippen LogP contribution in [-0.4, -0.2) is 11.2 Å². The minimum atomic E-state index is 0.782. The van der Waals surface area contributed by atoms with Crippen LogP contribution in [0.4, 0.5) is 0 Å². The molecule has 162 valence electrons. The Kier molecular flexibility index (Phi) is 6.62. The van der Waals surface area contributed by atoms with E-state index in [1.165, 1.54) is 63.8 Å². The number of rotatable bonds is 9. The van der Waals surface area contributed by atoms with Crippen molar-refractivity contribution in [3.63, 3.8) is 0 Å². The van der Waals surface area contributed by atoms with Crippen molar-refractivity contribution >= 4 is 33.3 Å². The lowest BCUT2D eigenvalue weighted by Crippen LogP contribution is -2.10. The summed E-state index contributed by atoms with van der Waals surface area (Å²) >= 11 is 1.76. The fourth-order valence-corrected chi connectivity index (χ4v) is 5.62. The van der Waals surface area contributed by atoms with Crippen LogP contribution in [0.2, 0.25) is 0 Å². The lowest BCUT2D eigenvalue weighted by molar-refractivity contribution is 0.301. The highest BCUT2D eigenvalue weighted by molar-refractivity contribution is 7.19. The van der Waals surface area contributed by atoms with E-state index < -0.39 is 0 Å². The van der Waals surface area contributed by atoms with E-state index in [1.807, 2.05) is 6.21 Å². The highest BCUT2D eigenvalue weighted by Gasteiger charge is 2.18. The van der Waals surface area contributed by atoms with Gasteiger partial charge in [0.25, 0.3) is 0 Å². The van der Waals surface area contributed by atoms with Gasteiger partial charge in [0.2, 0.25) is 0 Å². The molecule has 2 aromatic heterocycles. The monoisotopic (exact) mass is 430 g/mol. The van der Waals surface area contributed by atoms with E-state index in [0.29, 0.717) is 0 Å². The Labute approximate surface area is 190 Å². The molecule has 3 heteroatoms. The van der Waals surface area contributed by atoms with Gasteiger partial charge in [-0.2, -0.15) is 0 Å². The molecule has 0 atom stereocenters. The summed E-state index contributed by atoms with van der Waals surface area (Å²) < 4.78 is 0. The van der Waals surface area contributed by atoms with Gasteiger partial charge >= 0.3 is 0 Å². The third-order valence-corrected chi connectivity index (χ3v) is 7.54. The van der Waals surface area contributed by atoms with Crippen molar-refractivity contribution in [1.29, 1.82) is 0 Å². The van der Waals surface area contributed by atoms with Crippen molar-refractivity contribution < 1.29 is 0 Å². The van der Waals surface area contributed by atoms with E-state index in [0.717, 1.165) is 41.3 Å². The highest BCUT2D eigenvalue weighted by Crippen LogP contribution is 2.39. The maximum absolute atomic E-state index is 4.61. The zero-order valence-corrected chi connectivity index (χ0v) is 20.0. The molecule has 2 heterocycles. The van der Waals surface area contributed by atoms with Gasteiger partial charge in [0.15, 0.2) is 0 Å². The molecule has 1 aromatic carbocycles. The second kappa shape index (κ2) is 9.40. The summed E-state index contributed by atoms with van der Waals surface area (Å²) in [5.41, 5.74) is 8.28. The number of nitrogens with zero attached hydrogens (tertiary/aromatic N) is 1. The summed E-state index contributed by atoms with van der Waals surface area (Å²) in [4.78, 5) is 10.7. The predicted octanol–water partition coefficient (Wildman–Crippen LogP) is 8.64. The average Bonchev–Trinajstić information content (AvgIpc) is 3.24. The van der Waals surface area contributed by atoms with Crippen molar-refractivity contribution in [3.8, 4) is 11.3 Å². The fourth-order valence-electron chi connectivity index (χ4n) is 4.54. The van der Waals surface area contributed by atoms with Gasteiger partial charge in [-0.3, -0.25) is 4.99 Å². The molecule has 31 heavy (non-hydrogen) atoms. The van der Waals surface area contributed by atoms with Crippen molar-refractivity contribution in [2.45, 2.75) is 65.7 Å². The second-order valence-corrected chi connectivity index (χ2v) is 10.1. The normalized spacial score (nSPS) is 14.4. The number of aryl methyl sites for hydroxylation is 3. The number of aromatic amines is 1. The molecule has 2 nitrogen and oxygen atoms in total. The van der Waals surface area contributed by atoms with Crippen molar-refractivity contribution in [2.75, 3.05) is 0 Å². The zero-order valence-electron chi connectivity index (χ0n) is 19.2. The van der Waals surface area contributed by atoms with Crippen LogP contribution in [0.25, 0.3) is 27.0 Å². The molecule has 4 rings (SSSR count). The lowest BCUT2D eigenvalue weighted by atomic mass is 9.82. The van der Waals surface area contributed by atoms with E-state index in [4.69, 9.17) is 0 Å². The lowest BCUT2D eigenvalue weighted by Gasteiger charge is -2.24. The number of aromatic nitrogens is 1. The van der Waals surface area contributed by atoms with E-state index in [2.05, 4.69) is 68.2 Å². The van der Waals surface area contributed by atoms with Crippen LogP contribution < -0.4 is 0 Å². The van der Waals surface area contributed by atoms with Crippen molar-refractivity contribution in [2.24, 2.45) is 10.9 Å². The molecular weight excluding hydrogens is 396 g/mol. The molecule has 0 amide bonds. The first kappa shape index (κ1) is 21.8. The first-order valence-corrected chi connectivity index (χ1v) is 12.4. The molecule has 0 spiro atoms. The number of hydrogen-bond acceptors (Lipinski definition) is 2. The number of fused-ring (bicyclic) bond motifs is 1. The summed E-state index contributed by atoms with van der Waals surface area (Å²) in [7, 11) is 0. The van der Waals surface area contributed by atoms with Gasteiger partial charge in [-0.1, -0.05) is 63.0 Å². The standard InChI is InChI=1S/C28H34N2S/c1-6-9-24-25-17-26(20(4)21(5)29-13-8-12-22-10-7-11-22)31-28(25)30-27(24)23-15-18(2)14-19(3)16-23/h13-17,22,30H,4-12H2,1-3H3. The Morgan fingerprint density at radius 3 is 2.55 bits per heavy atom. The summed E-state index contributed by atoms with van der Waals surface area (Å²) in [5.74, 6) is 0.921. The topological polar surface area (TPSA) is 28.1 Å². The highest BCUT2D eigenvalue weighted by atomic mass is 32.1. The fraction of sp³-hybridized carbons (Fsp3) is 0.393. The van der Waals surface area contributed by atoms with Crippen LogP contribution in [0.15, 0.2) is 48.1 Å². The molecular formula is C28H34N2S. The molecule has 1 saturated carbocycles. The molecule has 1 aliphatic rings. The quantitative estimate of drug-likeness (QED) is 0.260. The van der Waals surface area contributed by atoms with E-state index >= 15 is 0 Å². The molecule has 1 fully saturated rings. The summed E-state index contributed by atoms with van der Waals surface area (Å²) in [6, 6.07) is 9.07. The van der Waals surface area contributed by atoms with Crippen LogP contribution in [0.5, 0.6) is 0 Å². The number of nitrogens with one attached hydrogen (secondary N) is 1. The van der Waals surface area contributed by atoms with Crippen molar-refractivity contribution in [3.05, 3.63) is 64.7 Å². The molecule has 0 saturated heterocycles. The van der Waals surface area contributed by atoms with Gasteiger partial charge in [-0.25, -0.2) is 0 Å². The van der Waals surface area contributed by atoms with Crippen LogP contribution in [0.1, 0.15) is 67.0 Å². The Morgan fingerprint density at radius 1 is 1.16 bits per heavy atom. The molecule has 0 radical (unpaired) electrons. The molecule has 3 aromatic rings. The third kappa shape index (κ3) is 4.77. The number of benzene rings is 1. The molecule has 0 aliphatic heterocycles.